The van der Waals surface area contributed by atoms with Crippen molar-refractivity contribution in [2.45, 2.75) is 11.3 Å². The van der Waals surface area contributed by atoms with Gasteiger partial charge >= 0.3 is 6.03 Å². The van der Waals surface area contributed by atoms with Gasteiger partial charge in [0.25, 0.3) is 0 Å². The highest BCUT2D eigenvalue weighted by molar-refractivity contribution is 7.89. The summed E-state index contributed by atoms with van der Waals surface area (Å²) in [7, 11) is -3.69. The summed E-state index contributed by atoms with van der Waals surface area (Å²) in [5.74, 6) is 0. The molecule has 2 amide bonds. The van der Waals surface area contributed by atoms with Crippen molar-refractivity contribution in [1.29, 1.82) is 5.26 Å². The molecular formula is C16H16N4O3S. The van der Waals surface area contributed by atoms with E-state index in [-0.39, 0.29) is 10.9 Å². The number of carbonyl (C=O) groups excluding carboxylic acids is 1. The number of benzene rings is 2. The summed E-state index contributed by atoms with van der Waals surface area (Å²) in [4.78, 5) is 11.8. The third-order valence-corrected chi connectivity index (χ3v) is 4.15. The van der Waals surface area contributed by atoms with Gasteiger partial charge in [0.2, 0.25) is 10.0 Å². The largest absolute Gasteiger partial charge is 0.338 e. The van der Waals surface area contributed by atoms with Gasteiger partial charge in [0.1, 0.15) is 0 Å². The molecule has 0 heterocycles. The van der Waals surface area contributed by atoms with Crippen molar-refractivity contribution in [2.75, 3.05) is 11.9 Å². The van der Waals surface area contributed by atoms with Crippen molar-refractivity contribution in [2.24, 2.45) is 5.14 Å². The van der Waals surface area contributed by atoms with Crippen LogP contribution in [0.2, 0.25) is 0 Å². The highest BCUT2D eigenvalue weighted by Gasteiger charge is 2.07. The van der Waals surface area contributed by atoms with Gasteiger partial charge in [-0.15, -0.1) is 0 Å². The van der Waals surface area contributed by atoms with Crippen LogP contribution in [0.5, 0.6) is 0 Å². The van der Waals surface area contributed by atoms with Crippen molar-refractivity contribution in [3.05, 3.63) is 59.7 Å². The molecule has 0 aliphatic rings. The molecule has 0 unspecified atom stereocenters. The molecule has 0 aliphatic heterocycles. The number of rotatable bonds is 5. The molecular weight excluding hydrogens is 328 g/mol. The van der Waals surface area contributed by atoms with E-state index in [0.717, 1.165) is 5.56 Å². The average Bonchev–Trinajstić information content (AvgIpc) is 2.55. The summed E-state index contributed by atoms with van der Waals surface area (Å²) in [6.45, 7) is 0.386. The van der Waals surface area contributed by atoms with Gasteiger partial charge in [0, 0.05) is 12.2 Å². The summed E-state index contributed by atoms with van der Waals surface area (Å²) < 4.78 is 22.3. The minimum absolute atomic E-state index is 0.0535. The lowest BCUT2D eigenvalue weighted by Gasteiger charge is -2.08. The van der Waals surface area contributed by atoms with Crippen LogP contribution in [0.1, 0.15) is 11.1 Å². The number of nitrogens with two attached hydrogens (primary N) is 1. The van der Waals surface area contributed by atoms with E-state index in [1.54, 1.807) is 36.4 Å². The second-order valence-corrected chi connectivity index (χ2v) is 6.57. The Labute approximate surface area is 140 Å². The van der Waals surface area contributed by atoms with Gasteiger partial charge < -0.3 is 10.6 Å². The second kappa shape index (κ2) is 7.59. The van der Waals surface area contributed by atoms with Crippen molar-refractivity contribution in [3.8, 4) is 6.07 Å². The predicted molar refractivity (Wildman–Crippen MR) is 89.7 cm³/mol. The molecule has 124 valence electrons. The van der Waals surface area contributed by atoms with Crippen LogP contribution in [0.25, 0.3) is 0 Å². The molecule has 2 rings (SSSR count). The van der Waals surface area contributed by atoms with E-state index in [0.29, 0.717) is 24.2 Å². The molecule has 0 aliphatic carbocycles. The number of primary sulfonamides is 1. The van der Waals surface area contributed by atoms with Crippen LogP contribution in [-0.2, 0) is 16.4 Å². The molecule has 8 heteroatoms. The van der Waals surface area contributed by atoms with E-state index < -0.39 is 10.0 Å². The molecule has 24 heavy (non-hydrogen) atoms. The highest BCUT2D eigenvalue weighted by Crippen LogP contribution is 2.10. The fourth-order valence-electron chi connectivity index (χ4n) is 1.97. The lowest BCUT2D eigenvalue weighted by atomic mass is 10.1. The zero-order valence-electron chi connectivity index (χ0n) is 12.7. The first-order chi connectivity index (χ1) is 11.4. The van der Waals surface area contributed by atoms with Crippen molar-refractivity contribution in [1.82, 2.24) is 5.32 Å². The maximum absolute atomic E-state index is 11.8. The summed E-state index contributed by atoms with van der Waals surface area (Å²) >= 11 is 0. The molecule has 7 nitrogen and oxygen atoms in total. The minimum Gasteiger partial charge on any atom is -0.338 e. The monoisotopic (exact) mass is 344 g/mol. The number of sulfonamides is 1. The van der Waals surface area contributed by atoms with Crippen LogP contribution in [0.3, 0.4) is 0 Å². The Morgan fingerprint density at radius 1 is 1.08 bits per heavy atom. The number of hydrogen-bond donors (Lipinski definition) is 3. The van der Waals surface area contributed by atoms with E-state index in [9.17, 15) is 13.2 Å². The average molecular weight is 344 g/mol. The van der Waals surface area contributed by atoms with E-state index >= 15 is 0 Å². The summed E-state index contributed by atoms with van der Waals surface area (Å²) in [5, 5.41) is 19.1. The third kappa shape index (κ3) is 5.08. The number of anilines is 1. The first-order valence-electron chi connectivity index (χ1n) is 7.05. The Morgan fingerprint density at radius 2 is 1.71 bits per heavy atom. The van der Waals surface area contributed by atoms with E-state index in [1.807, 2.05) is 6.07 Å². The van der Waals surface area contributed by atoms with Gasteiger partial charge in [-0.25, -0.2) is 18.4 Å². The van der Waals surface area contributed by atoms with E-state index in [4.69, 9.17) is 10.4 Å². The van der Waals surface area contributed by atoms with Gasteiger partial charge in [-0.05, 0) is 48.4 Å². The Bertz CT molecular complexity index is 854. The molecule has 0 saturated carbocycles. The maximum Gasteiger partial charge on any atom is 0.319 e. The lowest BCUT2D eigenvalue weighted by Crippen LogP contribution is -2.30. The number of nitrogens with zero attached hydrogens (tertiary/aromatic N) is 1. The minimum atomic E-state index is -3.69. The Balaban J connectivity index is 1.81. The fraction of sp³-hybridized carbons (Fsp3) is 0.125. The molecule has 0 bridgehead atoms. The predicted octanol–water partition coefficient (Wildman–Crippen LogP) is 1.57. The third-order valence-electron chi connectivity index (χ3n) is 3.22. The maximum atomic E-state index is 11.8. The quantitative estimate of drug-likeness (QED) is 0.761. The highest BCUT2D eigenvalue weighted by atomic mass is 32.2. The van der Waals surface area contributed by atoms with Gasteiger partial charge in [-0.3, -0.25) is 0 Å². The smallest absolute Gasteiger partial charge is 0.319 e. The topological polar surface area (TPSA) is 125 Å². The molecule has 0 aromatic heterocycles. The van der Waals surface area contributed by atoms with E-state index in [1.165, 1.54) is 12.1 Å². The lowest BCUT2D eigenvalue weighted by molar-refractivity contribution is 0.252. The van der Waals surface area contributed by atoms with Crippen LogP contribution >= 0.6 is 0 Å². The number of carbonyl (C=O) groups is 1. The standard InChI is InChI=1S/C16H16N4O3S/c17-11-13-1-5-14(6-2-13)20-16(21)19-10-9-12-3-7-15(8-4-12)24(18,22)23/h1-8H,9-10H2,(H2,18,22,23)(H2,19,20,21). The molecule has 0 spiro atoms. The van der Waals surface area contributed by atoms with E-state index in [2.05, 4.69) is 10.6 Å². The number of nitrogens with one attached hydrogen (secondary N) is 2. The SMILES string of the molecule is N#Cc1ccc(NC(=O)NCCc2ccc(S(N)(=O)=O)cc2)cc1. The summed E-state index contributed by atoms with van der Waals surface area (Å²) in [5.41, 5.74) is 1.98. The molecule has 0 fully saturated rings. The normalized spacial score (nSPS) is 10.7. The Morgan fingerprint density at radius 3 is 2.25 bits per heavy atom. The Kier molecular flexibility index (Phi) is 5.52. The van der Waals surface area contributed by atoms with Crippen molar-refractivity contribution in [3.63, 3.8) is 0 Å². The second-order valence-electron chi connectivity index (χ2n) is 5.01. The summed E-state index contributed by atoms with van der Waals surface area (Å²) in [6, 6.07) is 14.3. The molecule has 2 aromatic carbocycles. The van der Waals surface area contributed by atoms with Crippen LogP contribution in [0.4, 0.5) is 10.5 Å². The fourth-order valence-corrected chi connectivity index (χ4v) is 2.48. The first kappa shape index (κ1) is 17.5. The number of hydrogen-bond acceptors (Lipinski definition) is 4. The van der Waals surface area contributed by atoms with Crippen LogP contribution in [0.15, 0.2) is 53.4 Å². The molecule has 4 N–H and O–H groups in total. The van der Waals surface area contributed by atoms with Gasteiger partial charge in [0.05, 0.1) is 16.5 Å². The van der Waals surface area contributed by atoms with Crippen molar-refractivity contribution < 1.29 is 13.2 Å². The van der Waals surface area contributed by atoms with Crippen molar-refractivity contribution >= 4 is 21.7 Å². The molecule has 0 radical (unpaired) electrons. The zero-order chi connectivity index (χ0) is 17.6. The molecule has 2 aromatic rings. The molecule has 0 atom stereocenters. The van der Waals surface area contributed by atoms with Gasteiger partial charge in [0.15, 0.2) is 0 Å². The first-order valence-corrected chi connectivity index (χ1v) is 8.60. The number of amides is 2. The number of nitriles is 1. The summed E-state index contributed by atoms with van der Waals surface area (Å²) in [6.07, 6.45) is 0.547. The molecule has 0 saturated heterocycles. The van der Waals surface area contributed by atoms with Crippen LogP contribution in [0, 0.1) is 11.3 Å². The number of urea groups is 1. The Hall–Kier alpha value is -2.89. The van der Waals surface area contributed by atoms with Gasteiger partial charge in [-0.1, -0.05) is 12.1 Å². The zero-order valence-corrected chi connectivity index (χ0v) is 13.5. The van der Waals surface area contributed by atoms with Gasteiger partial charge in [-0.2, -0.15) is 5.26 Å². The van der Waals surface area contributed by atoms with Crippen LogP contribution in [-0.4, -0.2) is 21.0 Å². The van der Waals surface area contributed by atoms with Crippen LogP contribution < -0.4 is 15.8 Å².